The molecule has 1 N–H and O–H groups in total. The summed E-state index contributed by atoms with van der Waals surface area (Å²) >= 11 is 0. The SMILES string of the molecule is CCN(C)CC1NC1C. The molecule has 0 spiro atoms. The topological polar surface area (TPSA) is 25.2 Å². The molecule has 1 saturated heterocycles. The first-order valence-corrected chi connectivity index (χ1v) is 3.68. The van der Waals surface area contributed by atoms with Crippen LogP contribution in [0.1, 0.15) is 13.8 Å². The van der Waals surface area contributed by atoms with Crippen LogP contribution in [0.25, 0.3) is 0 Å². The van der Waals surface area contributed by atoms with Gasteiger partial charge in [0.1, 0.15) is 0 Å². The van der Waals surface area contributed by atoms with Crippen molar-refractivity contribution in [2.75, 3.05) is 20.1 Å². The number of rotatable bonds is 3. The lowest BCUT2D eigenvalue weighted by atomic mass is 10.3. The number of hydrogen-bond donors (Lipinski definition) is 1. The summed E-state index contributed by atoms with van der Waals surface area (Å²) in [7, 11) is 2.16. The average Bonchev–Trinajstić information content (AvgIpc) is 2.47. The van der Waals surface area contributed by atoms with Crippen molar-refractivity contribution in [1.82, 2.24) is 10.2 Å². The van der Waals surface area contributed by atoms with Crippen molar-refractivity contribution in [2.24, 2.45) is 0 Å². The van der Waals surface area contributed by atoms with Crippen molar-refractivity contribution in [1.29, 1.82) is 0 Å². The van der Waals surface area contributed by atoms with E-state index in [-0.39, 0.29) is 0 Å². The van der Waals surface area contributed by atoms with Crippen molar-refractivity contribution in [3.63, 3.8) is 0 Å². The predicted molar refractivity (Wildman–Crippen MR) is 39.6 cm³/mol. The van der Waals surface area contributed by atoms with E-state index in [0.717, 1.165) is 18.6 Å². The van der Waals surface area contributed by atoms with Crippen LogP contribution in [0.4, 0.5) is 0 Å². The van der Waals surface area contributed by atoms with Crippen LogP contribution < -0.4 is 5.32 Å². The molecule has 2 unspecified atom stereocenters. The molecule has 1 aliphatic heterocycles. The molecular weight excluding hydrogens is 112 g/mol. The van der Waals surface area contributed by atoms with E-state index in [1.165, 1.54) is 6.54 Å². The average molecular weight is 128 g/mol. The monoisotopic (exact) mass is 128 g/mol. The minimum absolute atomic E-state index is 0.763. The molecule has 0 aromatic carbocycles. The molecule has 9 heavy (non-hydrogen) atoms. The second kappa shape index (κ2) is 2.67. The largest absolute Gasteiger partial charge is 0.307 e. The highest BCUT2D eigenvalue weighted by Crippen LogP contribution is 2.09. The zero-order valence-electron chi connectivity index (χ0n) is 6.52. The fraction of sp³-hybridized carbons (Fsp3) is 1.00. The van der Waals surface area contributed by atoms with Gasteiger partial charge in [0, 0.05) is 18.6 Å². The normalized spacial score (nSPS) is 33.3. The van der Waals surface area contributed by atoms with E-state index in [0.29, 0.717) is 0 Å². The highest BCUT2D eigenvalue weighted by molar-refractivity contribution is 4.95. The van der Waals surface area contributed by atoms with Crippen molar-refractivity contribution >= 4 is 0 Å². The third-order valence-corrected chi connectivity index (χ3v) is 2.02. The third kappa shape index (κ3) is 1.95. The minimum atomic E-state index is 0.763. The Morgan fingerprint density at radius 2 is 2.11 bits per heavy atom. The molecule has 0 saturated carbocycles. The molecule has 2 heteroatoms. The summed E-state index contributed by atoms with van der Waals surface area (Å²) in [5.74, 6) is 0. The minimum Gasteiger partial charge on any atom is -0.307 e. The van der Waals surface area contributed by atoms with Gasteiger partial charge in [0.15, 0.2) is 0 Å². The summed E-state index contributed by atoms with van der Waals surface area (Å²) in [6.07, 6.45) is 0. The zero-order chi connectivity index (χ0) is 6.85. The van der Waals surface area contributed by atoms with Crippen molar-refractivity contribution in [2.45, 2.75) is 25.9 Å². The van der Waals surface area contributed by atoms with Crippen molar-refractivity contribution in [3.05, 3.63) is 0 Å². The maximum Gasteiger partial charge on any atom is 0.0349 e. The molecule has 1 heterocycles. The molecule has 1 fully saturated rings. The molecular formula is C7H16N2. The smallest absolute Gasteiger partial charge is 0.0349 e. The van der Waals surface area contributed by atoms with Gasteiger partial charge in [0.05, 0.1) is 0 Å². The molecule has 0 bridgehead atoms. The Labute approximate surface area is 57.2 Å². The van der Waals surface area contributed by atoms with Crippen LogP contribution >= 0.6 is 0 Å². The molecule has 1 aliphatic rings. The highest BCUT2D eigenvalue weighted by atomic mass is 15.2. The van der Waals surface area contributed by atoms with E-state index in [1.54, 1.807) is 0 Å². The number of nitrogens with one attached hydrogen (secondary N) is 1. The van der Waals surface area contributed by atoms with E-state index < -0.39 is 0 Å². The van der Waals surface area contributed by atoms with Gasteiger partial charge in [-0.15, -0.1) is 0 Å². The fourth-order valence-electron chi connectivity index (χ4n) is 0.958. The van der Waals surface area contributed by atoms with Crippen LogP contribution in [-0.4, -0.2) is 37.1 Å². The van der Waals surface area contributed by atoms with Crippen LogP contribution in [-0.2, 0) is 0 Å². The van der Waals surface area contributed by atoms with E-state index in [9.17, 15) is 0 Å². The van der Waals surface area contributed by atoms with Gasteiger partial charge in [-0.05, 0) is 20.5 Å². The second-order valence-corrected chi connectivity index (χ2v) is 2.92. The van der Waals surface area contributed by atoms with Crippen LogP contribution in [0.5, 0.6) is 0 Å². The Hall–Kier alpha value is -0.0800. The van der Waals surface area contributed by atoms with E-state index in [1.807, 2.05) is 0 Å². The Morgan fingerprint density at radius 1 is 1.56 bits per heavy atom. The summed E-state index contributed by atoms with van der Waals surface area (Å²) in [4.78, 5) is 2.33. The van der Waals surface area contributed by atoms with Gasteiger partial charge >= 0.3 is 0 Å². The standard InChI is InChI=1S/C7H16N2/c1-4-9(3)5-7-6(2)8-7/h6-8H,4-5H2,1-3H3. The molecule has 0 amide bonds. The number of hydrogen-bond acceptors (Lipinski definition) is 2. The molecule has 2 atom stereocenters. The lowest BCUT2D eigenvalue weighted by molar-refractivity contribution is 0.353. The molecule has 2 nitrogen and oxygen atoms in total. The molecule has 1 rings (SSSR count). The lowest BCUT2D eigenvalue weighted by Gasteiger charge is -2.11. The molecule has 0 aliphatic carbocycles. The van der Waals surface area contributed by atoms with E-state index >= 15 is 0 Å². The first kappa shape index (κ1) is 7.03. The van der Waals surface area contributed by atoms with Gasteiger partial charge in [-0.25, -0.2) is 0 Å². The predicted octanol–water partition coefficient (Wildman–Crippen LogP) is 0.298. The van der Waals surface area contributed by atoms with Crippen LogP contribution in [0.3, 0.4) is 0 Å². The van der Waals surface area contributed by atoms with Crippen LogP contribution in [0.15, 0.2) is 0 Å². The summed E-state index contributed by atoms with van der Waals surface area (Å²) in [5.41, 5.74) is 0. The summed E-state index contributed by atoms with van der Waals surface area (Å²) in [5, 5.41) is 3.36. The number of nitrogens with zero attached hydrogens (tertiary/aromatic N) is 1. The Bertz CT molecular complexity index is 90.9. The quantitative estimate of drug-likeness (QED) is 0.553. The van der Waals surface area contributed by atoms with Gasteiger partial charge in [-0.3, -0.25) is 0 Å². The van der Waals surface area contributed by atoms with Gasteiger partial charge in [0.2, 0.25) is 0 Å². The highest BCUT2D eigenvalue weighted by Gasteiger charge is 2.31. The molecule has 0 aromatic rings. The fourth-order valence-corrected chi connectivity index (χ4v) is 0.958. The van der Waals surface area contributed by atoms with Gasteiger partial charge in [-0.1, -0.05) is 6.92 Å². The second-order valence-electron chi connectivity index (χ2n) is 2.92. The number of likely N-dealkylation sites (N-methyl/N-ethyl adjacent to an activating group) is 1. The van der Waals surface area contributed by atoms with Crippen molar-refractivity contribution in [3.8, 4) is 0 Å². The first-order valence-electron chi connectivity index (χ1n) is 3.68. The summed E-state index contributed by atoms with van der Waals surface area (Å²) < 4.78 is 0. The maximum absolute atomic E-state index is 3.36. The Morgan fingerprint density at radius 3 is 2.44 bits per heavy atom. The summed E-state index contributed by atoms with van der Waals surface area (Å²) in [6.45, 7) is 6.78. The van der Waals surface area contributed by atoms with Crippen LogP contribution in [0.2, 0.25) is 0 Å². The summed E-state index contributed by atoms with van der Waals surface area (Å²) in [6, 6.07) is 1.54. The first-order chi connectivity index (χ1) is 4.24. The van der Waals surface area contributed by atoms with Gasteiger partial charge in [-0.2, -0.15) is 0 Å². The third-order valence-electron chi connectivity index (χ3n) is 2.02. The molecule has 0 radical (unpaired) electrons. The van der Waals surface area contributed by atoms with Crippen LogP contribution in [0, 0.1) is 0 Å². The lowest BCUT2D eigenvalue weighted by Crippen LogP contribution is -2.24. The van der Waals surface area contributed by atoms with Gasteiger partial charge < -0.3 is 10.2 Å². The van der Waals surface area contributed by atoms with E-state index in [2.05, 4.69) is 31.1 Å². The van der Waals surface area contributed by atoms with Crippen molar-refractivity contribution < 1.29 is 0 Å². The zero-order valence-corrected chi connectivity index (χ0v) is 6.52. The maximum atomic E-state index is 3.36. The van der Waals surface area contributed by atoms with E-state index in [4.69, 9.17) is 0 Å². The molecule has 54 valence electrons. The Balaban J connectivity index is 2.05. The Kier molecular flexibility index (Phi) is 2.09. The molecule has 0 aromatic heterocycles. The van der Waals surface area contributed by atoms with Gasteiger partial charge in [0.25, 0.3) is 0 Å².